The van der Waals surface area contributed by atoms with Crippen molar-refractivity contribution in [3.8, 4) is 11.8 Å². The number of nitriles is 1. The van der Waals surface area contributed by atoms with Crippen LogP contribution in [0.2, 0.25) is 0 Å². The summed E-state index contributed by atoms with van der Waals surface area (Å²) < 4.78 is 10.8. The minimum absolute atomic E-state index is 0.00138. The SMILES string of the molecule is COc1cccc(C(C)CC(=O)Nc2sc3c(c2C#N)CCC(COC(=O)N(C)c2ccccn2)C3)c1. The Balaban J connectivity index is 1.35. The molecule has 0 saturated carbocycles. The summed E-state index contributed by atoms with van der Waals surface area (Å²) in [5, 5.41) is 13.4. The van der Waals surface area contributed by atoms with Crippen LogP contribution in [-0.2, 0) is 22.4 Å². The number of benzene rings is 1. The number of amides is 2. The van der Waals surface area contributed by atoms with Crippen molar-refractivity contribution < 1.29 is 19.1 Å². The first-order valence-corrected chi connectivity index (χ1v) is 13.0. The lowest BCUT2D eigenvalue weighted by Gasteiger charge is -2.23. The van der Waals surface area contributed by atoms with Crippen LogP contribution in [0.1, 0.15) is 47.3 Å². The van der Waals surface area contributed by atoms with Crippen LogP contribution in [0.4, 0.5) is 15.6 Å². The molecule has 0 fully saturated rings. The summed E-state index contributed by atoms with van der Waals surface area (Å²) in [5.74, 6) is 1.30. The number of methoxy groups -OCH3 is 1. The third-order valence-electron chi connectivity index (χ3n) is 6.60. The monoisotopic (exact) mass is 518 g/mol. The fraction of sp³-hybridized carbons (Fsp3) is 0.357. The van der Waals surface area contributed by atoms with Gasteiger partial charge in [-0.2, -0.15) is 5.26 Å². The molecule has 2 aromatic heterocycles. The number of carbonyl (C=O) groups is 2. The van der Waals surface area contributed by atoms with Gasteiger partial charge in [0.2, 0.25) is 5.91 Å². The number of nitrogens with one attached hydrogen (secondary N) is 1. The topological polar surface area (TPSA) is 105 Å². The number of carbonyl (C=O) groups excluding carboxylic acids is 2. The highest BCUT2D eigenvalue weighted by Gasteiger charge is 2.28. The third kappa shape index (κ3) is 6.27. The highest BCUT2D eigenvalue weighted by molar-refractivity contribution is 7.16. The van der Waals surface area contributed by atoms with E-state index in [0.717, 1.165) is 28.2 Å². The Morgan fingerprint density at radius 3 is 2.86 bits per heavy atom. The van der Waals surface area contributed by atoms with Gasteiger partial charge in [0.15, 0.2) is 0 Å². The molecule has 192 valence electrons. The van der Waals surface area contributed by atoms with Gasteiger partial charge in [-0.05, 0) is 66.5 Å². The Morgan fingerprint density at radius 2 is 2.14 bits per heavy atom. The van der Waals surface area contributed by atoms with Crippen molar-refractivity contribution in [3.05, 3.63) is 70.2 Å². The van der Waals surface area contributed by atoms with Crippen LogP contribution in [0, 0.1) is 17.2 Å². The molecule has 0 bridgehead atoms. The summed E-state index contributed by atoms with van der Waals surface area (Å²) in [6.45, 7) is 2.28. The Kier molecular flexibility index (Phi) is 8.41. The minimum Gasteiger partial charge on any atom is -0.497 e. The first kappa shape index (κ1) is 26.2. The Morgan fingerprint density at radius 1 is 1.30 bits per heavy atom. The van der Waals surface area contributed by atoms with Crippen molar-refractivity contribution >= 4 is 34.2 Å². The van der Waals surface area contributed by atoms with Gasteiger partial charge in [-0.15, -0.1) is 11.3 Å². The molecule has 3 aromatic rings. The normalized spacial score (nSPS) is 15.1. The number of anilines is 2. The van der Waals surface area contributed by atoms with Gasteiger partial charge in [0.25, 0.3) is 0 Å². The van der Waals surface area contributed by atoms with E-state index < -0.39 is 6.09 Å². The lowest BCUT2D eigenvalue weighted by atomic mass is 9.88. The zero-order valence-electron chi connectivity index (χ0n) is 21.2. The van der Waals surface area contributed by atoms with Crippen LogP contribution in [0.25, 0.3) is 0 Å². The molecular formula is C28H30N4O4S. The Bertz CT molecular complexity index is 1300. The molecule has 2 unspecified atom stereocenters. The molecule has 0 aliphatic heterocycles. The molecule has 1 aliphatic rings. The predicted molar refractivity (Wildman–Crippen MR) is 143 cm³/mol. The van der Waals surface area contributed by atoms with Gasteiger partial charge >= 0.3 is 6.09 Å². The van der Waals surface area contributed by atoms with Gasteiger partial charge < -0.3 is 14.8 Å². The van der Waals surface area contributed by atoms with Crippen LogP contribution >= 0.6 is 11.3 Å². The number of rotatable bonds is 8. The van der Waals surface area contributed by atoms with Crippen molar-refractivity contribution in [1.29, 1.82) is 5.26 Å². The second-order valence-electron chi connectivity index (χ2n) is 9.18. The van der Waals surface area contributed by atoms with E-state index in [0.29, 0.717) is 35.6 Å². The van der Waals surface area contributed by atoms with Gasteiger partial charge in [-0.3, -0.25) is 9.69 Å². The average molecular weight is 519 g/mol. The van der Waals surface area contributed by atoms with Crippen LogP contribution in [0.3, 0.4) is 0 Å². The smallest absolute Gasteiger partial charge is 0.415 e. The zero-order valence-corrected chi connectivity index (χ0v) is 22.0. The fourth-order valence-corrected chi connectivity index (χ4v) is 5.78. The lowest BCUT2D eigenvalue weighted by Crippen LogP contribution is -2.30. The Hall–Kier alpha value is -3.90. The molecule has 1 aromatic carbocycles. The van der Waals surface area contributed by atoms with Gasteiger partial charge in [-0.1, -0.05) is 25.1 Å². The molecule has 8 nitrogen and oxygen atoms in total. The van der Waals surface area contributed by atoms with Crippen LogP contribution in [0.5, 0.6) is 5.75 Å². The molecule has 37 heavy (non-hydrogen) atoms. The van der Waals surface area contributed by atoms with E-state index in [4.69, 9.17) is 9.47 Å². The fourth-order valence-electron chi connectivity index (χ4n) is 4.46. The quantitative estimate of drug-likeness (QED) is 0.420. The van der Waals surface area contributed by atoms with E-state index in [1.165, 1.54) is 16.2 Å². The highest BCUT2D eigenvalue weighted by atomic mass is 32.1. The first-order valence-electron chi connectivity index (χ1n) is 12.2. The number of ether oxygens (including phenoxy) is 2. The summed E-state index contributed by atoms with van der Waals surface area (Å²) in [5.41, 5.74) is 2.57. The van der Waals surface area contributed by atoms with Crippen molar-refractivity contribution in [3.63, 3.8) is 0 Å². The van der Waals surface area contributed by atoms with E-state index >= 15 is 0 Å². The number of aromatic nitrogens is 1. The first-order chi connectivity index (χ1) is 17.9. The minimum atomic E-state index is -0.452. The van der Waals surface area contributed by atoms with E-state index in [1.54, 1.807) is 32.5 Å². The molecule has 0 saturated heterocycles. The summed E-state index contributed by atoms with van der Waals surface area (Å²) in [7, 11) is 3.25. The number of pyridine rings is 1. The second kappa shape index (κ2) is 11.9. The highest BCUT2D eigenvalue weighted by Crippen LogP contribution is 2.39. The third-order valence-corrected chi connectivity index (χ3v) is 7.77. The standard InChI is InChI=1S/C28H30N4O4S/c1-18(20-7-6-8-21(15-20)35-3)13-26(33)31-27-23(16-29)22-11-10-19(14-24(22)37-27)17-36-28(34)32(2)25-9-4-5-12-30-25/h4-9,12,15,18-19H,10-11,13-14,17H2,1-3H3,(H,31,33). The molecule has 1 N–H and O–H groups in total. The molecule has 9 heteroatoms. The van der Waals surface area contributed by atoms with Crippen molar-refractivity contribution in [1.82, 2.24) is 4.98 Å². The van der Waals surface area contributed by atoms with E-state index in [2.05, 4.69) is 16.4 Å². The van der Waals surface area contributed by atoms with Gasteiger partial charge in [0.05, 0.1) is 19.3 Å². The average Bonchev–Trinajstić information content (AvgIpc) is 3.27. The molecule has 2 atom stereocenters. The molecule has 0 spiro atoms. The molecule has 1 aliphatic carbocycles. The number of thiophene rings is 1. The van der Waals surface area contributed by atoms with E-state index in [1.807, 2.05) is 37.3 Å². The maximum atomic E-state index is 12.8. The maximum absolute atomic E-state index is 12.8. The Labute approximate surface area is 220 Å². The van der Waals surface area contributed by atoms with Gasteiger partial charge in [0, 0.05) is 24.5 Å². The number of hydrogen-bond acceptors (Lipinski definition) is 7. The van der Waals surface area contributed by atoms with E-state index in [9.17, 15) is 14.9 Å². The van der Waals surface area contributed by atoms with Crippen LogP contribution < -0.4 is 15.0 Å². The largest absolute Gasteiger partial charge is 0.497 e. The molecule has 2 amide bonds. The maximum Gasteiger partial charge on any atom is 0.415 e. The number of fused-ring (bicyclic) bond motifs is 1. The van der Waals surface area contributed by atoms with Crippen molar-refractivity contribution in [2.45, 2.75) is 38.5 Å². The molecule has 4 rings (SSSR count). The molecular weight excluding hydrogens is 488 g/mol. The summed E-state index contributed by atoms with van der Waals surface area (Å²) >= 11 is 1.45. The second-order valence-corrected chi connectivity index (χ2v) is 10.3. The molecule has 2 heterocycles. The predicted octanol–water partition coefficient (Wildman–Crippen LogP) is 5.53. The van der Waals surface area contributed by atoms with Gasteiger partial charge in [0.1, 0.15) is 22.6 Å². The van der Waals surface area contributed by atoms with E-state index in [-0.39, 0.29) is 24.3 Å². The summed E-state index contributed by atoms with van der Waals surface area (Å²) in [4.78, 5) is 31.9. The zero-order chi connectivity index (χ0) is 26.4. The van der Waals surface area contributed by atoms with Gasteiger partial charge in [-0.25, -0.2) is 9.78 Å². The van der Waals surface area contributed by atoms with Crippen LogP contribution in [-0.4, -0.2) is 37.7 Å². The number of hydrogen-bond donors (Lipinski definition) is 1. The number of nitrogens with zero attached hydrogens (tertiary/aromatic N) is 3. The van der Waals surface area contributed by atoms with Crippen molar-refractivity contribution in [2.75, 3.05) is 31.0 Å². The summed E-state index contributed by atoms with van der Waals surface area (Å²) in [6.07, 6.45) is 3.68. The molecule has 0 radical (unpaired) electrons. The van der Waals surface area contributed by atoms with Crippen molar-refractivity contribution in [2.24, 2.45) is 5.92 Å². The van der Waals surface area contributed by atoms with Crippen LogP contribution in [0.15, 0.2) is 48.7 Å². The lowest BCUT2D eigenvalue weighted by molar-refractivity contribution is -0.116. The summed E-state index contributed by atoms with van der Waals surface area (Å²) in [6, 6.07) is 15.3.